The number of nitrogens with zero attached hydrogens (tertiary/aromatic N) is 2. The summed E-state index contributed by atoms with van der Waals surface area (Å²) in [4.78, 5) is 7.17. The average molecular weight is 282 g/mol. The van der Waals surface area contributed by atoms with Gasteiger partial charge in [0.2, 0.25) is 0 Å². The maximum atomic E-state index is 9.59. The van der Waals surface area contributed by atoms with E-state index in [1.807, 2.05) is 0 Å². The minimum atomic E-state index is 0.125. The van der Waals surface area contributed by atoms with Gasteiger partial charge in [0.15, 0.2) is 0 Å². The first-order valence-electron chi connectivity index (χ1n) is 7.21. The highest BCUT2D eigenvalue weighted by Crippen LogP contribution is 2.28. The van der Waals surface area contributed by atoms with Gasteiger partial charge < -0.3 is 5.11 Å². The van der Waals surface area contributed by atoms with Crippen molar-refractivity contribution < 1.29 is 5.11 Å². The van der Waals surface area contributed by atoms with Crippen LogP contribution in [0.1, 0.15) is 51.2 Å². The molecule has 19 heavy (non-hydrogen) atoms. The number of thiazole rings is 1. The molecule has 0 spiro atoms. The third-order valence-electron chi connectivity index (χ3n) is 4.08. The largest absolute Gasteiger partial charge is 0.395 e. The summed E-state index contributed by atoms with van der Waals surface area (Å²) in [5.41, 5.74) is 1.30. The Morgan fingerprint density at radius 2 is 2.21 bits per heavy atom. The first-order valence-corrected chi connectivity index (χ1v) is 8.09. The van der Waals surface area contributed by atoms with Crippen LogP contribution in [-0.2, 0) is 12.0 Å². The van der Waals surface area contributed by atoms with E-state index in [9.17, 15) is 5.11 Å². The smallest absolute Gasteiger partial charge is 0.107 e. The molecule has 0 aromatic carbocycles. The van der Waals surface area contributed by atoms with Gasteiger partial charge in [-0.25, -0.2) is 4.98 Å². The summed E-state index contributed by atoms with van der Waals surface area (Å²) in [5, 5.41) is 12.9. The van der Waals surface area contributed by atoms with Gasteiger partial charge in [0.25, 0.3) is 0 Å². The fourth-order valence-corrected chi connectivity index (χ4v) is 3.77. The number of aliphatic hydroxyl groups is 1. The molecule has 1 aromatic rings. The minimum absolute atomic E-state index is 0.125. The highest BCUT2D eigenvalue weighted by molar-refractivity contribution is 7.09. The standard InChI is InChI=1S/C15H26N2OS/c1-11-6-5-7-17(12(11)9-18)8-14-16-13(10-19-14)15(2,3)4/h10-12,18H,5-9H2,1-4H3. The molecule has 2 rings (SSSR count). The summed E-state index contributed by atoms with van der Waals surface area (Å²) < 4.78 is 0. The Morgan fingerprint density at radius 1 is 1.47 bits per heavy atom. The van der Waals surface area contributed by atoms with Gasteiger partial charge in [-0.15, -0.1) is 11.3 Å². The quantitative estimate of drug-likeness (QED) is 0.926. The van der Waals surface area contributed by atoms with E-state index in [4.69, 9.17) is 4.98 Å². The minimum Gasteiger partial charge on any atom is -0.395 e. The van der Waals surface area contributed by atoms with E-state index in [2.05, 4.69) is 38.0 Å². The van der Waals surface area contributed by atoms with Crippen molar-refractivity contribution in [1.29, 1.82) is 0 Å². The molecule has 1 aromatic heterocycles. The highest BCUT2D eigenvalue weighted by atomic mass is 32.1. The zero-order valence-electron chi connectivity index (χ0n) is 12.5. The van der Waals surface area contributed by atoms with Gasteiger partial charge in [0.1, 0.15) is 5.01 Å². The van der Waals surface area contributed by atoms with E-state index < -0.39 is 0 Å². The van der Waals surface area contributed by atoms with Crippen LogP contribution in [0.4, 0.5) is 0 Å². The van der Waals surface area contributed by atoms with Crippen molar-refractivity contribution >= 4 is 11.3 Å². The molecule has 2 heterocycles. The molecule has 3 nitrogen and oxygen atoms in total. The summed E-state index contributed by atoms with van der Waals surface area (Å²) in [6.07, 6.45) is 2.46. The van der Waals surface area contributed by atoms with E-state index in [0.717, 1.165) is 13.1 Å². The van der Waals surface area contributed by atoms with Crippen molar-refractivity contribution in [1.82, 2.24) is 9.88 Å². The van der Waals surface area contributed by atoms with Gasteiger partial charge in [-0.2, -0.15) is 0 Å². The van der Waals surface area contributed by atoms with Crippen LogP contribution in [0.15, 0.2) is 5.38 Å². The SMILES string of the molecule is CC1CCCN(Cc2nc(C(C)(C)C)cs2)C1CO. The summed E-state index contributed by atoms with van der Waals surface area (Å²) in [6.45, 7) is 11.1. The second-order valence-electron chi connectivity index (χ2n) is 6.72. The second kappa shape index (κ2) is 5.90. The van der Waals surface area contributed by atoms with E-state index >= 15 is 0 Å². The summed E-state index contributed by atoms with van der Waals surface area (Å²) in [5.74, 6) is 0.584. The Hall–Kier alpha value is -0.450. The molecule has 2 atom stereocenters. The lowest BCUT2D eigenvalue weighted by Crippen LogP contribution is -2.45. The molecule has 0 amide bonds. The van der Waals surface area contributed by atoms with E-state index in [-0.39, 0.29) is 12.0 Å². The molecule has 2 unspecified atom stereocenters. The van der Waals surface area contributed by atoms with Crippen LogP contribution in [0, 0.1) is 5.92 Å². The predicted octanol–water partition coefficient (Wildman–Crippen LogP) is 3.03. The number of likely N-dealkylation sites (tertiary alicyclic amines) is 1. The third kappa shape index (κ3) is 3.56. The van der Waals surface area contributed by atoms with Crippen LogP contribution < -0.4 is 0 Å². The van der Waals surface area contributed by atoms with Crippen molar-refractivity contribution in [3.8, 4) is 0 Å². The van der Waals surface area contributed by atoms with Gasteiger partial charge in [0.05, 0.1) is 18.8 Å². The maximum absolute atomic E-state index is 9.59. The van der Waals surface area contributed by atoms with Crippen LogP contribution in [0.3, 0.4) is 0 Å². The second-order valence-corrected chi connectivity index (χ2v) is 7.66. The zero-order valence-corrected chi connectivity index (χ0v) is 13.3. The molecule has 108 valence electrons. The number of piperidine rings is 1. The molecule has 1 saturated heterocycles. The third-order valence-corrected chi connectivity index (χ3v) is 4.91. The molecule has 0 saturated carbocycles. The van der Waals surface area contributed by atoms with Gasteiger partial charge in [-0.05, 0) is 25.3 Å². The van der Waals surface area contributed by atoms with Gasteiger partial charge in [-0.3, -0.25) is 4.90 Å². The first-order chi connectivity index (χ1) is 8.91. The molecule has 1 aliphatic heterocycles. The fraction of sp³-hybridized carbons (Fsp3) is 0.800. The van der Waals surface area contributed by atoms with Gasteiger partial charge >= 0.3 is 0 Å². The van der Waals surface area contributed by atoms with E-state index in [1.54, 1.807) is 11.3 Å². The Morgan fingerprint density at radius 3 is 2.79 bits per heavy atom. The molecule has 0 radical (unpaired) electrons. The van der Waals surface area contributed by atoms with E-state index in [1.165, 1.54) is 23.5 Å². The summed E-state index contributed by atoms with van der Waals surface area (Å²) in [7, 11) is 0. The van der Waals surface area contributed by atoms with Crippen LogP contribution in [0.25, 0.3) is 0 Å². The summed E-state index contributed by atoms with van der Waals surface area (Å²) in [6, 6.07) is 0.302. The number of rotatable bonds is 3. The fourth-order valence-electron chi connectivity index (χ4n) is 2.73. The Kier molecular flexibility index (Phi) is 4.64. The Labute approximate surface area is 120 Å². The Balaban J connectivity index is 2.05. The molecular formula is C15H26N2OS. The molecule has 1 aliphatic rings. The lowest BCUT2D eigenvalue weighted by molar-refractivity contribution is 0.0471. The van der Waals surface area contributed by atoms with Crippen molar-refractivity contribution in [3.05, 3.63) is 16.1 Å². The number of hydrogen-bond donors (Lipinski definition) is 1. The van der Waals surface area contributed by atoms with Crippen molar-refractivity contribution in [3.63, 3.8) is 0 Å². The van der Waals surface area contributed by atoms with Crippen molar-refractivity contribution in [2.24, 2.45) is 5.92 Å². The van der Waals surface area contributed by atoms with E-state index in [0.29, 0.717) is 12.0 Å². The van der Waals surface area contributed by atoms with Gasteiger partial charge in [0, 0.05) is 16.8 Å². The number of hydrogen-bond acceptors (Lipinski definition) is 4. The Bertz CT molecular complexity index is 411. The molecule has 1 N–H and O–H groups in total. The summed E-state index contributed by atoms with van der Waals surface area (Å²) >= 11 is 1.75. The monoisotopic (exact) mass is 282 g/mol. The molecule has 4 heteroatoms. The number of aliphatic hydroxyl groups excluding tert-OH is 1. The van der Waals surface area contributed by atoms with Crippen molar-refractivity contribution in [2.75, 3.05) is 13.2 Å². The molecule has 0 bridgehead atoms. The van der Waals surface area contributed by atoms with Crippen LogP contribution >= 0.6 is 11.3 Å². The average Bonchev–Trinajstić information content (AvgIpc) is 2.77. The van der Waals surface area contributed by atoms with Crippen LogP contribution in [0.5, 0.6) is 0 Å². The topological polar surface area (TPSA) is 36.4 Å². The van der Waals surface area contributed by atoms with Gasteiger partial charge in [-0.1, -0.05) is 27.7 Å². The maximum Gasteiger partial charge on any atom is 0.107 e. The zero-order chi connectivity index (χ0) is 14.0. The molecule has 1 fully saturated rings. The normalized spacial score (nSPS) is 25.7. The van der Waals surface area contributed by atoms with Crippen LogP contribution in [0.2, 0.25) is 0 Å². The predicted molar refractivity (Wildman–Crippen MR) is 80.5 cm³/mol. The lowest BCUT2D eigenvalue weighted by atomic mass is 9.91. The molecular weight excluding hydrogens is 256 g/mol. The molecule has 0 aliphatic carbocycles. The number of aromatic nitrogens is 1. The van der Waals surface area contributed by atoms with Crippen molar-refractivity contribution in [2.45, 2.75) is 58.5 Å². The van der Waals surface area contributed by atoms with Crippen LogP contribution in [-0.4, -0.2) is 34.2 Å². The first kappa shape index (κ1) is 14.9. The lowest BCUT2D eigenvalue weighted by Gasteiger charge is -2.38. The highest BCUT2D eigenvalue weighted by Gasteiger charge is 2.28.